The highest BCUT2D eigenvalue weighted by Crippen LogP contribution is 2.40. The molecule has 1 saturated heterocycles. The molecule has 1 atom stereocenters. The fourth-order valence-corrected chi connectivity index (χ4v) is 5.49. The van der Waals surface area contributed by atoms with Gasteiger partial charge in [-0.3, -0.25) is 24.5 Å². The van der Waals surface area contributed by atoms with Gasteiger partial charge in [0.25, 0.3) is 0 Å². The van der Waals surface area contributed by atoms with Crippen LogP contribution in [-0.4, -0.2) is 76.8 Å². The number of pyridine rings is 2. The first-order chi connectivity index (χ1) is 20.8. The van der Waals surface area contributed by atoms with Crippen LogP contribution in [0.3, 0.4) is 0 Å². The first-order valence-corrected chi connectivity index (χ1v) is 14.1. The van der Waals surface area contributed by atoms with E-state index in [0.29, 0.717) is 23.4 Å². The third-order valence-corrected chi connectivity index (χ3v) is 7.62. The van der Waals surface area contributed by atoms with Crippen LogP contribution in [0.5, 0.6) is 0 Å². The lowest BCUT2D eigenvalue weighted by Crippen LogP contribution is -2.61. The van der Waals surface area contributed by atoms with Crippen LogP contribution < -0.4 is 4.90 Å². The highest BCUT2D eigenvalue weighted by Gasteiger charge is 2.49. The molecule has 1 fully saturated rings. The number of nitrogens with zero attached hydrogens (tertiary/aromatic N) is 6. The van der Waals surface area contributed by atoms with Crippen LogP contribution in [0.2, 0.25) is 5.02 Å². The number of aliphatic imine (C=N–C) groups is 1. The van der Waals surface area contributed by atoms with Gasteiger partial charge in [-0.15, -0.1) is 0 Å². The maximum absolute atomic E-state index is 15.0. The van der Waals surface area contributed by atoms with Crippen molar-refractivity contribution in [2.45, 2.75) is 38.9 Å². The summed E-state index contributed by atoms with van der Waals surface area (Å²) in [4.78, 5) is 41.7. The van der Waals surface area contributed by atoms with Crippen LogP contribution >= 0.6 is 11.6 Å². The van der Waals surface area contributed by atoms with Crippen molar-refractivity contribution in [3.05, 3.63) is 82.9 Å². The Kier molecular flexibility index (Phi) is 9.72. The minimum atomic E-state index is -4.77. The van der Waals surface area contributed by atoms with Crippen molar-refractivity contribution in [2.24, 2.45) is 4.99 Å². The quantitative estimate of drug-likeness (QED) is 0.101. The van der Waals surface area contributed by atoms with Gasteiger partial charge in [-0.05, 0) is 48.7 Å². The largest absolute Gasteiger partial charge is 0.410 e. The van der Waals surface area contributed by atoms with E-state index < -0.39 is 30.5 Å². The van der Waals surface area contributed by atoms with Gasteiger partial charge in [0.15, 0.2) is 5.82 Å². The van der Waals surface area contributed by atoms with Crippen LogP contribution in [0.25, 0.3) is 11.3 Å². The van der Waals surface area contributed by atoms with Gasteiger partial charge in [0, 0.05) is 31.9 Å². The van der Waals surface area contributed by atoms with Gasteiger partial charge in [0.2, 0.25) is 12.3 Å². The van der Waals surface area contributed by atoms with Crippen molar-refractivity contribution in [3.63, 3.8) is 0 Å². The lowest BCUT2D eigenvalue weighted by molar-refractivity contribution is -0.186. The Hall–Kier alpha value is -4.32. The van der Waals surface area contributed by atoms with Gasteiger partial charge in [0.1, 0.15) is 17.7 Å². The predicted octanol–water partition coefficient (Wildman–Crippen LogP) is 6.30. The molecule has 0 spiro atoms. The van der Waals surface area contributed by atoms with Gasteiger partial charge in [-0.1, -0.05) is 44.2 Å². The molecule has 0 bridgehead atoms. The van der Waals surface area contributed by atoms with E-state index in [2.05, 4.69) is 21.5 Å². The molecule has 8 nitrogen and oxygen atoms in total. The summed E-state index contributed by atoms with van der Waals surface area (Å²) in [5.41, 5.74) is 1.56. The molecule has 1 aromatic carbocycles. The van der Waals surface area contributed by atoms with E-state index in [9.17, 15) is 27.2 Å². The number of hydrogen-bond donors (Lipinski definition) is 0. The molecule has 13 heteroatoms. The molecule has 0 N–H and O–H groups in total. The Morgan fingerprint density at radius 2 is 1.93 bits per heavy atom. The monoisotopic (exact) mass is 630 g/mol. The van der Waals surface area contributed by atoms with Crippen molar-refractivity contribution < 1.29 is 27.2 Å². The molecule has 1 aliphatic heterocycles. The number of amidine groups is 1. The van der Waals surface area contributed by atoms with Gasteiger partial charge >= 0.3 is 6.18 Å². The number of piperazine rings is 1. The van der Waals surface area contributed by atoms with Crippen LogP contribution in [0, 0.1) is 12.7 Å². The number of rotatable bonds is 7. The number of halogens is 5. The zero-order valence-electron chi connectivity index (χ0n) is 24.6. The number of aromatic nitrogens is 2. The Labute approximate surface area is 257 Å². The van der Waals surface area contributed by atoms with E-state index in [1.807, 2.05) is 13.8 Å². The molecule has 1 unspecified atom stereocenters. The van der Waals surface area contributed by atoms with Crippen LogP contribution in [0.4, 0.5) is 29.1 Å². The second kappa shape index (κ2) is 13.1. The summed E-state index contributed by atoms with van der Waals surface area (Å²) in [5.74, 6) is -1.70. The van der Waals surface area contributed by atoms with Crippen LogP contribution in [0.15, 0.2) is 60.2 Å². The number of aryl methyl sites for hydroxylation is 1. The first kappa shape index (κ1) is 32.6. The standard InChI is InChI=1S/C31H31ClF4N6O2/c1-6-25(44)40-13-14-41(24(16-40)31(34,35)36)29(37-5)21-15-22(32)27(20-9-7-8-10-23(20)33)39-30(21)42(17-43)28-19(4)11-12-38-26(28)18(2)3/h6-12,15,17-18,24H,1,13-14,16H2,2-5H3. The van der Waals surface area contributed by atoms with Crippen molar-refractivity contribution >= 4 is 41.3 Å². The minimum absolute atomic E-state index is 0.000366. The molecule has 0 radical (unpaired) electrons. The summed E-state index contributed by atoms with van der Waals surface area (Å²) in [6, 6.07) is 6.63. The third-order valence-electron chi connectivity index (χ3n) is 7.33. The second-order valence-corrected chi connectivity index (χ2v) is 10.9. The summed E-state index contributed by atoms with van der Waals surface area (Å²) < 4.78 is 58.5. The van der Waals surface area contributed by atoms with Crippen LogP contribution in [-0.2, 0) is 9.59 Å². The molecule has 2 aromatic heterocycles. The average Bonchev–Trinajstić information content (AvgIpc) is 2.99. The Morgan fingerprint density at radius 3 is 2.52 bits per heavy atom. The molecule has 1 aliphatic rings. The number of hydrogen-bond acceptors (Lipinski definition) is 5. The van der Waals surface area contributed by atoms with E-state index >= 15 is 0 Å². The molecular formula is C31H31ClF4N6O2. The fourth-order valence-electron chi connectivity index (χ4n) is 5.23. The highest BCUT2D eigenvalue weighted by molar-refractivity contribution is 6.33. The molecule has 44 heavy (non-hydrogen) atoms. The number of carbonyl (C=O) groups excluding carboxylic acids is 2. The number of benzene rings is 1. The number of alkyl halides is 3. The molecule has 4 rings (SSSR count). The molecule has 2 amide bonds. The number of carbonyl (C=O) groups is 2. The Bertz CT molecular complexity index is 1610. The summed E-state index contributed by atoms with van der Waals surface area (Å²) in [6.07, 6.45) is -1.73. The third kappa shape index (κ3) is 6.30. The zero-order chi connectivity index (χ0) is 32.3. The van der Waals surface area contributed by atoms with Crippen molar-refractivity contribution in [3.8, 4) is 11.3 Å². The highest BCUT2D eigenvalue weighted by atomic mass is 35.5. The van der Waals surface area contributed by atoms with Crippen LogP contribution in [0.1, 0.15) is 36.6 Å². The van der Waals surface area contributed by atoms with Gasteiger partial charge in [0.05, 0.1) is 34.2 Å². The van der Waals surface area contributed by atoms with Crippen molar-refractivity contribution in [1.29, 1.82) is 0 Å². The normalized spacial score (nSPS) is 15.9. The maximum Gasteiger partial charge on any atom is 0.410 e. The topological polar surface area (TPSA) is 82.0 Å². The predicted molar refractivity (Wildman–Crippen MR) is 162 cm³/mol. The fraction of sp³-hybridized carbons (Fsp3) is 0.323. The van der Waals surface area contributed by atoms with Gasteiger partial charge < -0.3 is 9.80 Å². The summed E-state index contributed by atoms with van der Waals surface area (Å²) >= 11 is 6.66. The first-order valence-electron chi connectivity index (χ1n) is 13.7. The number of anilines is 2. The summed E-state index contributed by atoms with van der Waals surface area (Å²) in [7, 11) is 1.31. The molecule has 232 valence electrons. The van der Waals surface area contributed by atoms with Crippen molar-refractivity contribution in [2.75, 3.05) is 31.6 Å². The summed E-state index contributed by atoms with van der Waals surface area (Å²) in [5, 5.41) is -0.0723. The SMILES string of the molecule is C=CC(=O)N1CCN(C(=NC)c2cc(Cl)c(-c3ccccc3F)nc2N(C=O)c2c(C)ccnc2C(C)C)C(C(F)(F)F)C1. The van der Waals surface area contributed by atoms with E-state index in [0.717, 1.165) is 15.9 Å². The Balaban J connectivity index is 2.00. The average molecular weight is 631 g/mol. The zero-order valence-corrected chi connectivity index (χ0v) is 25.3. The summed E-state index contributed by atoms with van der Waals surface area (Å²) in [6.45, 7) is 7.94. The van der Waals surface area contributed by atoms with E-state index in [4.69, 9.17) is 11.6 Å². The lowest BCUT2D eigenvalue weighted by Gasteiger charge is -2.43. The van der Waals surface area contributed by atoms with Gasteiger partial charge in [-0.2, -0.15) is 13.2 Å². The van der Waals surface area contributed by atoms with Gasteiger partial charge in [-0.25, -0.2) is 9.37 Å². The molecule has 3 heterocycles. The smallest absolute Gasteiger partial charge is 0.341 e. The minimum Gasteiger partial charge on any atom is -0.341 e. The Morgan fingerprint density at radius 1 is 1.23 bits per heavy atom. The lowest BCUT2D eigenvalue weighted by atomic mass is 10.0. The molecule has 3 aromatic rings. The number of amides is 2. The molecular weight excluding hydrogens is 600 g/mol. The molecule has 0 saturated carbocycles. The maximum atomic E-state index is 15.0. The van der Waals surface area contributed by atoms with E-state index in [1.54, 1.807) is 25.3 Å². The van der Waals surface area contributed by atoms with Crippen molar-refractivity contribution in [1.82, 2.24) is 19.8 Å². The van der Waals surface area contributed by atoms with E-state index in [-0.39, 0.29) is 52.5 Å². The molecule has 0 aliphatic carbocycles. The van der Waals surface area contributed by atoms with E-state index in [1.165, 1.54) is 36.2 Å². The second-order valence-electron chi connectivity index (χ2n) is 10.4.